The molecule has 0 bridgehead atoms. The lowest BCUT2D eigenvalue weighted by Crippen LogP contribution is -2.50. The Labute approximate surface area is 117 Å². The van der Waals surface area contributed by atoms with Crippen LogP contribution in [0.1, 0.15) is 13.8 Å². The van der Waals surface area contributed by atoms with E-state index in [0.29, 0.717) is 24.0 Å². The number of aromatic nitrogens is 1. The molecule has 0 spiro atoms. The SMILES string of the molecule is CC1CN(CC(=O)Nc2cccnc2Cl)C(C)CO1. The predicted octanol–water partition coefficient (Wildman–Crippen LogP) is 1.78. The van der Waals surface area contributed by atoms with Gasteiger partial charge in [0.2, 0.25) is 5.91 Å². The Kier molecular flexibility index (Phi) is 4.74. The van der Waals surface area contributed by atoms with E-state index in [0.717, 1.165) is 6.54 Å². The van der Waals surface area contributed by atoms with Gasteiger partial charge in [-0.05, 0) is 26.0 Å². The molecule has 2 heterocycles. The Bertz CT molecular complexity index is 455. The summed E-state index contributed by atoms with van der Waals surface area (Å²) in [4.78, 5) is 18.0. The van der Waals surface area contributed by atoms with Crippen LogP contribution in [0, 0.1) is 0 Å². The van der Waals surface area contributed by atoms with E-state index < -0.39 is 0 Å². The fourth-order valence-electron chi connectivity index (χ4n) is 2.05. The molecule has 1 aromatic heterocycles. The molecule has 0 saturated carbocycles. The smallest absolute Gasteiger partial charge is 0.238 e. The Morgan fingerprint density at radius 1 is 1.63 bits per heavy atom. The van der Waals surface area contributed by atoms with Gasteiger partial charge in [-0.15, -0.1) is 0 Å². The first-order chi connectivity index (χ1) is 9.06. The fourth-order valence-corrected chi connectivity index (χ4v) is 2.21. The zero-order valence-electron chi connectivity index (χ0n) is 11.1. The van der Waals surface area contributed by atoms with Crippen molar-refractivity contribution in [3.63, 3.8) is 0 Å². The molecule has 2 atom stereocenters. The first kappa shape index (κ1) is 14.2. The maximum atomic E-state index is 12.0. The van der Waals surface area contributed by atoms with Crippen LogP contribution in [0.2, 0.25) is 5.15 Å². The number of ether oxygens (including phenoxy) is 1. The molecule has 0 radical (unpaired) electrons. The van der Waals surface area contributed by atoms with E-state index in [4.69, 9.17) is 16.3 Å². The van der Waals surface area contributed by atoms with Gasteiger partial charge in [0.1, 0.15) is 0 Å². The molecule has 1 aliphatic rings. The first-order valence-corrected chi connectivity index (χ1v) is 6.70. The zero-order chi connectivity index (χ0) is 13.8. The summed E-state index contributed by atoms with van der Waals surface area (Å²) in [5.74, 6) is -0.0872. The molecule has 2 rings (SSSR count). The van der Waals surface area contributed by atoms with Crippen LogP contribution in [0.3, 0.4) is 0 Å². The van der Waals surface area contributed by atoms with Crippen molar-refractivity contribution in [2.24, 2.45) is 0 Å². The number of anilines is 1. The largest absolute Gasteiger partial charge is 0.376 e. The number of carbonyl (C=O) groups excluding carboxylic acids is 1. The minimum Gasteiger partial charge on any atom is -0.376 e. The molecule has 0 aliphatic carbocycles. The van der Waals surface area contributed by atoms with Crippen LogP contribution in [0.15, 0.2) is 18.3 Å². The lowest BCUT2D eigenvalue weighted by molar-refractivity contribution is -0.121. The van der Waals surface area contributed by atoms with Gasteiger partial charge in [0, 0.05) is 18.8 Å². The molecule has 1 fully saturated rings. The van der Waals surface area contributed by atoms with Crippen molar-refractivity contribution < 1.29 is 9.53 Å². The third-order valence-corrected chi connectivity index (χ3v) is 3.42. The highest BCUT2D eigenvalue weighted by atomic mass is 35.5. The number of nitrogens with one attached hydrogen (secondary N) is 1. The van der Waals surface area contributed by atoms with E-state index in [2.05, 4.69) is 22.1 Å². The number of amides is 1. The third-order valence-electron chi connectivity index (χ3n) is 3.12. The molecule has 19 heavy (non-hydrogen) atoms. The van der Waals surface area contributed by atoms with Crippen LogP contribution in [-0.2, 0) is 9.53 Å². The van der Waals surface area contributed by atoms with Crippen LogP contribution < -0.4 is 5.32 Å². The zero-order valence-corrected chi connectivity index (χ0v) is 11.9. The summed E-state index contributed by atoms with van der Waals surface area (Å²) >= 11 is 5.90. The number of morpholine rings is 1. The van der Waals surface area contributed by atoms with Crippen molar-refractivity contribution in [3.05, 3.63) is 23.5 Å². The Hall–Kier alpha value is -1.17. The molecule has 1 saturated heterocycles. The molecule has 1 amide bonds. The van der Waals surface area contributed by atoms with Crippen molar-refractivity contribution in [1.29, 1.82) is 0 Å². The minimum atomic E-state index is -0.0872. The van der Waals surface area contributed by atoms with Gasteiger partial charge in [-0.2, -0.15) is 0 Å². The second-order valence-corrected chi connectivity index (χ2v) is 5.17. The third kappa shape index (κ3) is 3.89. The van der Waals surface area contributed by atoms with Crippen molar-refractivity contribution in [2.45, 2.75) is 26.0 Å². The van der Waals surface area contributed by atoms with Crippen LogP contribution in [-0.4, -0.2) is 47.6 Å². The number of halogens is 1. The Morgan fingerprint density at radius 2 is 2.42 bits per heavy atom. The quantitative estimate of drug-likeness (QED) is 0.859. The summed E-state index contributed by atoms with van der Waals surface area (Å²) in [5.41, 5.74) is 0.545. The summed E-state index contributed by atoms with van der Waals surface area (Å²) in [5, 5.41) is 3.08. The second-order valence-electron chi connectivity index (χ2n) is 4.81. The molecule has 5 nitrogen and oxygen atoms in total. The number of nitrogens with zero attached hydrogens (tertiary/aromatic N) is 2. The average molecular weight is 284 g/mol. The van der Waals surface area contributed by atoms with Crippen LogP contribution in [0.4, 0.5) is 5.69 Å². The van der Waals surface area contributed by atoms with Gasteiger partial charge in [0.15, 0.2) is 5.15 Å². The average Bonchev–Trinajstić information content (AvgIpc) is 2.37. The number of pyridine rings is 1. The molecule has 0 aromatic carbocycles. The lowest BCUT2D eigenvalue weighted by atomic mass is 10.2. The van der Waals surface area contributed by atoms with Crippen LogP contribution in [0.25, 0.3) is 0 Å². The lowest BCUT2D eigenvalue weighted by Gasteiger charge is -2.36. The topological polar surface area (TPSA) is 54.5 Å². The number of hydrogen-bond acceptors (Lipinski definition) is 4. The van der Waals surface area contributed by atoms with Gasteiger partial charge in [-0.1, -0.05) is 11.6 Å². The standard InChI is InChI=1S/C13H18ClN3O2/c1-9-8-19-10(2)6-17(9)7-12(18)16-11-4-3-5-15-13(11)14/h3-5,9-10H,6-8H2,1-2H3,(H,16,18). The Morgan fingerprint density at radius 3 is 3.16 bits per heavy atom. The molecule has 1 aliphatic heterocycles. The van der Waals surface area contributed by atoms with Crippen LogP contribution >= 0.6 is 11.6 Å². The molecular weight excluding hydrogens is 266 g/mol. The van der Waals surface area contributed by atoms with E-state index in [9.17, 15) is 4.79 Å². The molecule has 104 valence electrons. The monoisotopic (exact) mass is 283 g/mol. The van der Waals surface area contributed by atoms with E-state index in [1.165, 1.54) is 0 Å². The van der Waals surface area contributed by atoms with Gasteiger partial charge in [-0.3, -0.25) is 9.69 Å². The van der Waals surface area contributed by atoms with Crippen LogP contribution in [0.5, 0.6) is 0 Å². The number of rotatable bonds is 3. The fraction of sp³-hybridized carbons (Fsp3) is 0.538. The highest BCUT2D eigenvalue weighted by Gasteiger charge is 2.25. The summed E-state index contributed by atoms with van der Waals surface area (Å²) in [6.45, 7) is 5.81. The second kappa shape index (κ2) is 6.32. The van der Waals surface area contributed by atoms with Gasteiger partial charge in [0.25, 0.3) is 0 Å². The minimum absolute atomic E-state index is 0.0872. The highest BCUT2D eigenvalue weighted by molar-refractivity contribution is 6.32. The number of carbonyl (C=O) groups is 1. The molecule has 1 aromatic rings. The van der Waals surface area contributed by atoms with Crippen molar-refractivity contribution in [2.75, 3.05) is 25.0 Å². The van der Waals surface area contributed by atoms with Gasteiger partial charge in [-0.25, -0.2) is 4.98 Å². The number of hydrogen-bond donors (Lipinski definition) is 1. The first-order valence-electron chi connectivity index (χ1n) is 6.32. The van der Waals surface area contributed by atoms with Crippen molar-refractivity contribution in [1.82, 2.24) is 9.88 Å². The maximum absolute atomic E-state index is 12.0. The van der Waals surface area contributed by atoms with Crippen molar-refractivity contribution in [3.8, 4) is 0 Å². The van der Waals surface area contributed by atoms with E-state index >= 15 is 0 Å². The Balaban J connectivity index is 1.92. The molecule has 1 N–H and O–H groups in total. The van der Waals surface area contributed by atoms with Gasteiger partial charge < -0.3 is 10.1 Å². The summed E-state index contributed by atoms with van der Waals surface area (Å²) in [7, 11) is 0. The van der Waals surface area contributed by atoms with E-state index in [1.54, 1.807) is 18.3 Å². The summed E-state index contributed by atoms with van der Waals surface area (Å²) in [6, 6.07) is 3.71. The highest BCUT2D eigenvalue weighted by Crippen LogP contribution is 2.18. The molecular formula is C13H18ClN3O2. The summed E-state index contributed by atoms with van der Waals surface area (Å²) < 4.78 is 5.53. The normalized spacial score (nSPS) is 24.2. The predicted molar refractivity (Wildman–Crippen MR) is 74.3 cm³/mol. The van der Waals surface area contributed by atoms with E-state index in [1.807, 2.05) is 6.92 Å². The van der Waals surface area contributed by atoms with E-state index in [-0.39, 0.29) is 18.1 Å². The van der Waals surface area contributed by atoms with Crippen molar-refractivity contribution >= 4 is 23.2 Å². The summed E-state index contributed by atoms with van der Waals surface area (Å²) in [6.07, 6.45) is 1.75. The molecule has 6 heteroatoms. The van der Waals surface area contributed by atoms with Gasteiger partial charge >= 0.3 is 0 Å². The van der Waals surface area contributed by atoms with Gasteiger partial charge in [0.05, 0.1) is 24.9 Å². The maximum Gasteiger partial charge on any atom is 0.238 e. The molecule has 2 unspecified atom stereocenters.